The van der Waals surface area contributed by atoms with Crippen LogP contribution < -0.4 is 0 Å². The fraction of sp³-hybridized carbons (Fsp3) is 0.706. The topological polar surface area (TPSA) is 43.8 Å². The van der Waals surface area contributed by atoms with Gasteiger partial charge in [0.2, 0.25) is 5.91 Å². The molecule has 2 rings (SSSR count). The second-order valence-corrected chi connectivity index (χ2v) is 8.23. The van der Waals surface area contributed by atoms with Crippen LogP contribution in [0.2, 0.25) is 0 Å². The van der Waals surface area contributed by atoms with E-state index in [-0.39, 0.29) is 24.0 Å². The van der Waals surface area contributed by atoms with Crippen molar-refractivity contribution in [3.8, 4) is 0 Å². The van der Waals surface area contributed by atoms with E-state index in [4.69, 9.17) is 0 Å². The third-order valence-electron chi connectivity index (χ3n) is 4.54. The molecule has 1 aliphatic rings. The second-order valence-electron chi connectivity index (χ2n) is 7.23. The summed E-state index contributed by atoms with van der Waals surface area (Å²) >= 11 is 1.79. The van der Waals surface area contributed by atoms with Crippen LogP contribution in [0, 0.1) is 5.41 Å². The second kappa shape index (κ2) is 7.11. The lowest BCUT2D eigenvalue weighted by Crippen LogP contribution is -2.46. The third-order valence-corrected chi connectivity index (χ3v) is 5.57. The van der Waals surface area contributed by atoms with Crippen molar-refractivity contribution in [2.75, 3.05) is 26.7 Å². The Balaban J connectivity index is 1.85. The highest BCUT2D eigenvalue weighted by molar-refractivity contribution is 7.10. The van der Waals surface area contributed by atoms with Crippen LogP contribution in [0.4, 0.5) is 0 Å². The number of aliphatic hydroxyl groups is 1. The van der Waals surface area contributed by atoms with E-state index >= 15 is 0 Å². The minimum absolute atomic E-state index is 0.00322. The van der Waals surface area contributed by atoms with Gasteiger partial charge in [0.1, 0.15) is 0 Å². The Bertz CT molecular complexity index is 507. The molecule has 124 valence electrons. The Morgan fingerprint density at radius 3 is 2.86 bits per heavy atom. The molecule has 1 aliphatic heterocycles. The van der Waals surface area contributed by atoms with Gasteiger partial charge in [0.15, 0.2) is 0 Å². The summed E-state index contributed by atoms with van der Waals surface area (Å²) in [5.41, 5.74) is 1.31. The first-order chi connectivity index (χ1) is 10.3. The van der Waals surface area contributed by atoms with E-state index in [0.29, 0.717) is 13.0 Å². The van der Waals surface area contributed by atoms with Gasteiger partial charge in [0.05, 0.1) is 6.61 Å². The smallest absolute Gasteiger partial charge is 0.224 e. The molecule has 1 atom stereocenters. The van der Waals surface area contributed by atoms with Crippen molar-refractivity contribution in [1.29, 1.82) is 0 Å². The lowest BCUT2D eigenvalue weighted by atomic mass is 9.86. The number of carbonyl (C=O) groups is 1. The Hall–Kier alpha value is -0.910. The van der Waals surface area contributed by atoms with Crippen LogP contribution in [0.3, 0.4) is 0 Å². The molecule has 1 amide bonds. The zero-order valence-electron chi connectivity index (χ0n) is 14.1. The lowest BCUT2D eigenvalue weighted by molar-refractivity contribution is -0.132. The zero-order chi connectivity index (χ0) is 16.3. The summed E-state index contributed by atoms with van der Waals surface area (Å²) in [6.45, 7) is 8.76. The van der Waals surface area contributed by atoms with Crippen molar-refractivity contribution >= 4 is 17.2 Å². The number of hydrogen-bond donors (Lipinski definition) is 1. The predicted octanol–water partition coefficient (Wildman–Crippen LogP) is 2.36. The van der Waals surface area contributed by atoms with Crippen LogP contribution in [-0.4, -0.2) is 53.6 Å². The fourth-order valence-electron chi connectivity index (χ4n) is 3.12. The normalized spacial score (nSPS) is 16.7. The number of likely N-dealkylation sites (N-methyl/N-ethyl adjacent to an activating group) is 1. The van der Waals surface area contributed by atoms with Crippen molar-refractivity contribution in [2.45, 2.75) is 46.2 Å². The third kappa shape index (κ3) is 4.09. The van der Waals surface area contributed by atoms with E-state index < -0.39 is 0 Å². The summed E-state index contributed by atoms with van der Waals surface area (Å²) in [5, 5.41) is 11.7. The molecule has 4 nitrogen and oxygen atoms in total. The fourth-order valence-corrected chi connectivity index (χ4v) is 4.01. The van der Waals surface area contributed by atoms with Crippen molar-refractivity contribution in [1.82, 2.24) is 9.80 Å². The minimum atomic E-state index is 0.00322. The van der Waals surface area contributed by atoms with Gasteiger partial charge in [-0.3, -0.25) is 4.79 Å². The largest absolute Gasteiger partial charge is 0.395 e. The number of rotatable bonds is 5. The van der Waals surface area contributed by atoms with Gasteiger partial charge in [-0.25, -0.2) is 0 Å². The maximum atomic E-state index is 12.4. The van der Waals surface area contributed by atoms with Gasteiger partial charge in [-0.2, -0.15) is 0 Å². The first-order valence-corrected chi connectivity index (χ1v) is 8.85. The number of fused-ring (bicyclic) bond motifs is 1. The van der Waals surface area contributed by atoms with Crippen LogP contribution in [0.25, 0.3) is 0 Å². The summed E-state index contributed by atoms with van der Waals surface area (Å²) in [6, 6.07) is 2.21. The van der Waals surface area contributed by atoms with Crippen molar-refractivity contribution in [3.63, 3.8) is 0 Å². The highest BCUT2D eigenvalue weighted by Crippen LogP contribution is 2.25. The van der Waals surface area contributed by atoms with Crippen LogP contribution in [0.5, 0.6) is 0 Å². The quantitative estimate of drug-likeness (QED) is 0.904. The summed E-state index contributed by atoms with van der Waals surface area (Å²) < 4.78 is 0. The maximum Gasteiger partial charge on any atom is 0.224 e. The molecule has 0 bridgehead atoms. The molecular formula is C17H28N2O2S. The molecule has 5 heteroatoms. The molecule has 1 aromatic heterocycles. The van der Waals surface area contributed by atoms with E-state index in [9.17, 15) is 9.90 Å². The number of nitrogens with zero attached hydrogens (tertiary/aromatic N) is 2. The molecule has 1 N–H and O–H groups in total. The molecule has 0 radical (unpaired) electrons. The lowest BCUT2D eigenvalue weighted by Gasteiger charge is -2.37. The maximum absolute atomic E-state index is 12.4. The molecule has 1 unspecified atom stereocenters. The van der Waals surface area contributed by atoms with Crippen molar-refractivity contribution in [3.05, 3.63) is 21.9 Å². The van der Waals surface area contributed by atoms with Gasteiger partial charge < -0.3 is 14.9 Å². The molecule has 22 heavy (non-hydrogen) atoms. The Morgan fingerprint density at radius 1 is 1.50 bits per heavy atom. The number of aliphatic hydroxyl groups excluding tert-OH is 1. The Labute approximate surface area is 137 Å². The van der Waals surface area contributed by atoms with Gasteiger partial charge in [-0.1, -0.05) is 20.8 Å². The van der Waals surface area contributed by atoms with Gasteiger partial charge >= 0.3 is 0 Å². The van der Waals surface area contributed by atoms with Gasteiger partial charge in [0, 0.05) is 37.0 Å². The average molecular weight is 324 g/mol. The van der Waals surface area contributed by atoms with Gasteiger partial charge in [-0.15, -0.1) is 11.3 Å². The van der Waals surface area contributed by atoms with E-state index in [1.807, 2.05) is 11.9 Å². The van der Waals surface area contributed by atoms with Crippen molar-refractivity contribution < 1.29 is 9.90 Å². The van der Waals surface area contributed by atoms with Crippen LogP contribution in [0.1, 0.15) is 37.6 Å². The molecule has 1 aromatic rings. The summed E-state index contributed by atoms with van der Waals surface area (Å²) in [7, 11) is 1.99. The molecule has 0 aliphatic carbocycles. The van der Waals surface area contributed by atoms with E-state index in [1.165, 1.54) is 10.4 Å². The van der Waals surface area contributed by atoms with Crippen molar-refractivity contribution in [2.24, 2.45) is 5.41 Å². The highest BCUT2D eigenvalue weighted by Gasteiger charge is 2.28. The monoisotopic (exact) mass is 324 g/mol. The molecule has 0 aromatic carbocycles. The number of carbonyl (C=O) groups excluding carboxylic acids is 1. The molecule has 0 saturated carbocycles. The van der Waals surface area contributed by atoms with E-state index in [2.05, 4.69) is 37.1 Å². The number of amides is 1. The van der Waals surface area contributed by atoms with Crippen LogP contribution in [-0.2, 0) is 17.8 Å². The van der Waals surface area contributed by atoms with Gasteiger partial charge in [-0.05, 0) is 35.9 Å². The van der Waals surface area contributed by atoms with Crippen LogP contribution >= 0.6 is 11.3 Å². The SMILES string of the molecule is CN(CCC(=O)N1CCc2sccc2C1)C(CO)C(C)(C)C. The zero-order valence-corrected chi connectivity index (χ0v) is 14.9. The van der Waals surface area contributed by atoms with E-state index in [1.54, 1.807) is 11.3 Å². The minimum Gasteiger partial charge on any atom is -0.395 e. The van der Waals surface area contributed by atoms with Gasteiger partial charge in [0.25, 0.3) is 0 Å². The summed E-state index contributed by atoms with van der Waals surface area (Å²) in [6.07, 6.45) is 1.50. The molecule has 2 heterocycles. The van der Waals surface area contributed by atoms with Crippen LogP contribution in [0.15, 0.2) is 11.4 Å². The summed E-state index contributed by atoms with van der Waals surface area (Å²) in [4.78, 5) is 17.9. The predicted molar refractivity (Wildman–Crippen MR) is 91.0 cm³/mol. The molecular weight excluding hydrogens is 296 g/mol. The number of hydrogen-bond acceptors (Lipinski definition) is 4. The number of thiophene rings is 1. The highest BCUT2D eigenvalue weighted by atomic mass is 32.1. The average Bonchev–Trinajstić information content (AvgIpc) is 2.91. The standard InChI is InChI=1S/C17H28N2O2S/c1-17(2,3)15(12-20)18(4)8-6-16(21)19-9-5-14-13(11-19)7-10-22-14/h7,10,15,20H,5-6,8-9,11-12H2,1-4H3. The molecule has 0 spiro atoms. The summed E-state index contributed by atoms with van der Waals surface area (Å²) in [5.74, 6) is 0.217. The Kier molecular flexibility index (Phi) is 5.64. The first-order valence-electron chi connectivity index (χ1n) is 7.97. The molecule has 0 saturated heterocycles. The van der Waals surface area contributed by atoms with E-state index in [0.717, 1.165) is 19.5 Å². The first kappa shape index (κ1) is 17.4. The Morgan fingerprint density at radius 2 is 2.23 bits per heavy atom. The molecule has 0 fully saturated rings.